The Balaban J connectivity index is 1.01. The van der Waals surface area contributed by atoms with Gasteiger partial charge in [0.25, 0.3) is 15.9 Å². The summed E-state index contributed by atoms with van der Waals surface area (Å²) in [7, 11) is -4.78. The van der Waals surface area contributed by atoms with E-state index in [-0.39, 0.29) is 40.8 Å². The van der Waals surface area contributed by atoms with Gasteiger partial charge in [-0.05, 0) is 104 Å². The first-order valence-electron chi connectivity index (χ1n) is 20.5. The van der Waals surface area contributed by atoms with Gasteiger partial charge in [0, 0.05) is 92.9 Å². The van der Waals surface area contributed by atoms with E-state index < -0.39 is 32.6 Å². The monoisotopic (exact) mass is 892 g/mol. The molecule has 12 nitrogen and oxygen atoms in total. The van der Waals surface area contributed by atoms with Gasteiger partial charge < -0.3 is 29.4 Å². The summed E-state index contributed by atoms with van der Waals surface area (Å²) in [6.45, 7) is 9.54. The quantitative estimate of drug-likeness (QED) is 0.112. The molecule has 62 heavy (non-hydrogen) atoms. The molecule has 5 aromatic rings. The highest BCUT2D eigenvalue weighted by atomic mass is 35.5. The van der Waals surface area contributed by atoms with Gasteiger partial charge in [-0.1, -0.05) is 23.7 Å². The van der Waals surface area contributed by atoms with Crippen molar-refractivity contribution in [1.29, 1.82) is 0 Å². The van der Waals surface area contributed by atoms with Crippen molar-refractivity contribution < 1.29 is 40.6 Å². The lowest BCUT2D eigenvalue weighted by molar-refractivity contribution is -0.137. The van der Waals surface area contributed by atoms with Gasteiger partial charge in [-0.25, -0.2) is 18.1 Å². The van der Waals surface area contributed by atoms with Crippen molar-refractivity contribution in [3.05, 3.63) is 112 Å². The maximum atomic E-state index is 14.3. The predicted molar refractivity (Wildman–Crippen MR) is 232 cm³/mol. The molecule has 5 heterocycles. The number of carbonyl (C=O) groups is 1. The van der Waals surface area contributed by atoms with Gasteiger partial charge in [-0.3, -0.25) is 9.69 Å². The zero-order valence-electron chi connectivity index (χ0n) is 34.4. The standard InChI is InChI=1S/C45H48ClF3N6O6S/c1-44(2)24-38(30-3-5-33(46)6-4-30)32(28-60-44)27-54-15-17-55(18-16-54)34-7-9-37(41(22-34)61-35-21-31-11-14-50-42(31)52-26-35)43(56)53-62(57,58)36-8-10-40(39(23-36)45(47,48)49)51-25-29-12-19-59-20-13-29/h3-11,14,21-23,26,29,51H,12-13,15-20,24-25,27-28H2,1-2H3,(H,50,52)(H,53,56). The lowest BCUT2D eigenvalue weighted by atomic mass is 9.87. The largest absolute Gasteiger partial charge is 0.455 e. The van der Waals surface area contributed by atoms with E-state index in [2.05, 4.69) is 51.1 Å². The predicted octanol–water partition coefficient (Wildman–Crippen LogP) is 8.76. The minimum Gasteiger partial charge on any atom is -0.455 e. The molecule has 0 unspecified atom stereocenters. The Morgan fingerprint density at radius 3 is 2.50 bits per heavy atom. The van der Waals surface area contributed by atoms with Gasteiger partial charge in [0.15, 0.2) is 0 Å². The Morgan fingerprint density at radius 1 is 1.00 bits per heavy atom. The summed E-state index contributed by atoms with van der Waals surface area (Å²) in [5.74, 6) is -0.636. The number of pyridine rings is 1. The number of aromatic amines is 1. The zero-order chi connectivity index (χ0) is 43.6. The minimum absolute atomic E-state index is 0.0395. The normalized spacial score (nSPS) is 17.9. The SMILES string of the molecule is CC1(C)CC(c2ccc(Cl)cc2)=C(CN2CCN(c3ccc(C(=O)NS(=O)(=O)c4ccc(NCC5CCOCC5)c(C(F)(F)F)c4)c(Oc4cnc5[nH]ccc5c4)c3)CC2)CO1. The topological polar surface area (TPSA) is 138 Å². The van der Waals surface area contributed by atoms with E-state index >= 15 is 0 Å². The number of amides is 1. The van der Waals surface area contributed by atoms with E-state index in [4.69, 9.17) is 25.8 Å². The fourth-order valence-electron chi connectivity index (χ4n) is 8.11. The van der Waals surface area contributed by atoms with Crippen molar-refractivity contribution in [2.45, 2.75) is 49.8 Å². The first kappa shape index (κ1) is 43.5. The fourth-order valence-corrected chi connectivity index (χ4v) is 9.22. The Morgan fingerprint density at radius 2 is 1.76 bits per heavy atom. The molecule has 3 aliphatic heterocycles. The number of carbonyl (C=O) groups excluding carboxylic acids is 1. The molecule has 0 aliphatic carbocycles. The second kappa shape index (κ2) is 17.9. The number of fused-ring (bicyclic) bond motifs is 1. The molecule has 0 spiro atoms. The number of piperazine rings is 1. The number of rotatable bonds is 12. The number of ether oxygens (including phenoxy) is 3. The lowest BCUT2D eigenvalue weighted by Gasteiger charge is -2.39. The number of sulfonamides is 1. The van der Waals surface area contributed by atoms with Crippen LogP contribution >= 0.6 is 11.6 Å². The summed E-state index contributed by atoms with van der Waals surface area (Å²) in [5, 5.41) is 4.27. The van der Waals surface area contributed by atoms with Crippen LogP contribution in [0.1, 0.15) is 54.6 Å². The average molecular weight is 893 g/mol. The third-order valence-corrected chi connectivity index (χ3v) is 13.2. The van der Waals surface area contributed by atoms with Crippen LogP contribution in [0.4, 0.5) is 24.5 Å². The Hall–Kier alpha value is -5.13. The Bertz CT molecular complexity index is 2570. The van der Waals surface area contributed by atoms with Gasteiger partial charge in [-0.2, -0.15) is 13.2 Å². The second-order valence-electron chi connectivity index (χ2n) is 16.5. The van der Waals surface area contributed by atoms with Crippen molar-refractivity contribution in [2.24, 2.45) is 5.92 Å². The first-order valence-corrected chi connectivity index (χ1v) is 22.4. The van der Waals surface area contributed by atoms with Crippen LogP contribution in [-0.2, 0) is 25.7 Å². The number of benzene rings is 3. The van der Waals surface area contributed by atoms with Crippen molar-refractivity contribution in [3.8, 4) is 11.5 Å². The van der Waals surface area contributed by atoms with E-state index in [9.17, 15) is 26.4 Å². The molecule has 17 heteroatoms. The molecular weight excluding hydrogens is 845 g/mol. The summed E-state index contributed by atoms with van der Waals surface area (Å²) in [5.41, 5.74) is 3.14. The number of hydrogen-bond acceptors (Lipinski definition) is 10. The third kappa shape index (κ3) is 10.2. The molecule has 328 valence electrons. The summed E-state index contributed by atoms with van der Waals surface area (Å²) >= 11 is 6.20. The van der Waals surface area contributed by atoms with E-state index in [1.165, 1.54) is 23.4 Å². The molecule has 3 aliphatic rings. The first-order chi connectivity index (χ1) is 29.6. The van der Waals surface area contributed by atoms with Crippen LogP contribution in [0.2, 0.25) is 5.02 Å². The molecule has 3 aromatic carbocycles. The Kier molecular flexibility index (Phi) is 12.6. The molecule has 3 N–H and O–H groups in total. The van der Waals surface area contributed by atoms with Crippen molar-refractivity contribution >= 4 is 55.5 Å². The molecule has 2 saturated heterocycles. The van der Waals surface area contributed by atoms with Crippen molar-refractivity contribution in [2.75, 3.05) is 69.3 Å². The molecule has 0 bridgehead atoms. The number of H-pyrrole nitrogens is 1. The lowest BCUT2D eigenvalue weighted by Crippen LogP contribution is -2.47. The minimum atomic E-state index is -4.87. The third-order valence-electron chi connectivity index (χ3n) is 11.6. The highest BCUT2D eigenvalue weighted by molar-refractivity contribution is 7.90. The van der Waals surface area contributed by atoms with Gasteiger partial charge in [0.1, 0.15) is 17.1 Å². The molecular formula is C45H48ClF3N6O6S. The molecule has 2 aromatic heterocycles. The molecule has 0 saturated carbocycles. The number of nitrogens with one attached hydrogen (secondary N) is 3. The van der Waals surface area contributed by atoms with Crippen LogP contribution in [0.15, 0.2) is 95.7 Å². The second-order valence-corrected chi connectivity index (χ2v) is 18.6. The smallest absolute Gasteiger partial charge is 0.418 e. The molecule has 2 fully saturated rings. The number of aromatic nitrogens is 2. The number of anilines is 2. The number of nitrogens with zero attached hydrogens (tertiary/aromatic N) is 3. The number of halogens is 4. The van der Waals surface area contributed by atoms with E-state index in [1.54, 1.807) is 30.5 Å². The fraction of sp³-hybridized carbons (Fsp3) is 0.378. The molecule has 8 rings (SSSR count). The highest BCUT2D eigenvalue weighted by Crippen LogP contribution is 2.39. The van der Waals surface area contributed by atoms with Crippen molar-refractivity contribution in [3.63, 3.8) is 0 Å². The molecule has 0 radical (unpaired) electrons. The maximum Gasteiger partial charge on any atom is 0.418 e. The molecule has 1 amide bonds. The van der Waals surface area contributed by atoms with Crippen LogP contribution < -0.4 is 19.7 Å². The van der Waals surface area contributed by atoms with Crippen molar-refractivity contribution in [1.82, 2.24) is 19.6 Å². The number of hydrogen-bond donors (Lipinski definition) is 3. The van der Waals surface area contributed by atoms with Gasteiger partial charge in [-0.15, -0.1) is 0 Å². The zero-order valence-corrected chi connectivity index (χ0v) is 35.9. The van der Waals surface area contributed by atoms with Gasteiger partial charge >= 0.3 is 6.18 Å². The van der Waals surface area contributed by atoms with Crippen LogP contribution in [0.3, 0.4) is 0 Å². The van der Waals surface area contributed by atoms with Gasteiger partial charge in [0.2, 0.25) is 0 Å². The summed E-state index contributed by atoms with van der Waals surface area (Å²) in [6.07, 6.45) is 0.505. The Labute approximate surface area is 363 Å². The van der Waals surface area contributed by atoms with Crippen LogP contribution in [-0.4, -0.2) is 93.9 Å². The molecule has 0 atom stereocenters. The van der Waals surface area contributed by atoms with Crippen LogP contribution in [0, 0.1) is 5.92 Å². The summed E-state index contributed by atoms with van der Waals surface area (Å²) in [6, 6.07) is 18.9. The average Bonchev–Trinajstić information content (AvgIpc) is 3.72. The van der Waals surface area contributed by atoms with Gasteiger partial charge in [0.05, 0.1) is 34.4 Å². The summed E-state index contributed by atoms with van der Waals surface area (Å²) in [4.78, 5) is 25.1. The number of alkyl halides is 3. The maximum absolute atomic E-state index is 14.3. The van der Waals surface area contributed by atoms with Crippen LogP contribution in [0.25, 0.3) is 16.6 Å². The van der Waals surface area contributed by atoms with E-state index in [0.29, 0.717) is 62.5 Å². The highest BCUT2D eigenvalue weighted by Gasteiger charge is 2.36. The summed E-state index contributed by atoms with van der Waals surface area (Å²) < 4.78 is 89.9. The van der Waals surface area contributed by atoms with E-state index in [1.807, 2.05) is 16.9 Å². The van der Waals surface area contributed by atoms with E-state index in [0.717, 1.165) is 54.8 Å². The van der Waals surface area contributed by atoms with Crippen LogP contribution in [0.5, 0.6) is 11.5 Å².